The van der Waals surface area contributed by atoms with Gasteiger partial charge >= 0.3 is 6.09 Å². The molecule has 168 valence electrons. The highest BCUT2D eigenvalue weighted by atomic mass is 35.5. The predicted molar refractivity (Wildman–Crippen MR) is 131 cm³/mol. The van der Waals surface area contributed by atoms with E-state index in [4.69, 9.17) is 4.74 Å². The Bertz CT molecular complexity index is 1050. The first-order chi connectivity index (χ1) is 14.7. The molecule has 1 amide bonds. The molecule has 1 unspecified atom stereocenters. The summed E-state index contributed by atoms with van der Waals surface area (Å²) in [4.78, 5) is 19.0. The number of hydrogen-bond acceptors (Lipinski definition) is 4. The molecule has 1 atom stereocenters. The van der Waals surface area contributed by atoms with Gasteiger partial charge in [0.1, 0.15) is 6.61 Å². The van der Waals surface area contributed by atoms with Crippen molar-refractivity contribution in [1.29, 1.82) is 0 Å². The van der Waals surface area contributed by atoms with Crippen molar-refractivity contribution >= 4 is 30.9 Å². The Labute approximate surface area is 201 Å². The van der Waals surface area contributed by atoms with Crippen molar-refractivity contribution in [1.82, 2.24) is 15.2 Å². The number of benzene rings is 2. The van der Waals surface area contributed by atoms with E-state index in [1.165, 1.54) is 27.8 Å². The second kappa shape index (κ2) is 10.3. The van der Waals surface area contributed by atoms with Gasteiger partial charge in [0.2, 0.25) is 0 Å². The lowest BCUT2D eigenvalue weighted by atomic mass is 9.98. The van der Waals surface area contributed by atoms with Gasteiger partial charge in [-0.15, -0.1) is 24.8 Å². The molecule has 1 fully saturated rings. The fraction of sp³-hybridized carbons (Fsp3) is 0.280. The van der Waals surface area contributed by atoms with Crippen LogP contribution in [-0.2, 0) is 4.74 Å². The average molecular weight is 472 g/mol. The minimum atomic E-state index is -0.245. The van der Waals surface area contributed by atoms with Gasteiger partial charge in [-0.25, -0.2) is 4.79 Å². The van der Waals surface area contributed by atoms with Gasteiger partial charge in [-0.05, 0) is 46.4 Å². The van der Waals surface area contributed by atoms with Crippen molar-refractivity contribution in [2.75, 3.05) is 26.2 Å². The first-order valence-corrected chi connectivity index (χ1v) is 10.5. The number of rotatable bonds is 3. The summed E-state index contributed by atoms with van der Waals surface area (Å²) in [5, 5.41) is 3.49. The van der Waals surface area contributed by atoms with Crippen LogP contribution >= 0.6 is 24.8 Å². The van der Waals surface area contributed by atoms with Crippen LogP contribution in [0.3, 0.4) is 0 Å². The number of aromatic nitrogens is 1. The van der Waals surface area contributed by atoms with E-state index in [9.17, 15) is 4.79 Å². The molecule has 32 heavy (non-hydrogen) atoms. The average Bonchev–Trinajstić information content (AvgIpc) is 3.12. The van der Waals surface area contributed by atoms with E-state index < -0.39 is 0 Å². The van der Waals surface area contributed by atoms with Gasteiger partial charge in [0.05, 0.1) is 6.04 Å². The van der Waals surface area contributed by atoms with E-state index in [2.05, 4.69) is 65.8 Å². The standard InChI is InChI=1S/C25H25N3O2.2ClH/c1-17-10-11-26-14-22(17)24-15-28(13-12-27-24)25(29)30-16-23-20-8-4-2-6-18(20)19-7-3-5-9-21(19)23;;/h2-11,14,23-24,27H,12-13,15-16H2,1H3;2*1H. The summed E-state index contributed by atoms with van der Waals surface area (Å²) in [7, 11) is 0. The molecular formula is C25H27Cl2N3O2. The quantitative estimate of drug-likeness (QED) is 0.575. The summed E-state index contributed by atoms with van der Waals surface area (Å²) in [6.07, 6.45) is 3.43. The Balaban J connectivity index is 0.00000144. The Morgan fingerprint density at radius 3 is 2.34 bits per heavy atom. The van der Waals surface area contributed by atoms with Gasteiger partial charge in [0.15, 0.2) is 0 Å². The van der Waals surface area contributed by atoms with Crippen LogP contribution < -0.4 is 5.32 Å². The first-order valence-electron chi connectivity index (χ1n) is 10.5. The zero-order valence-electron chi connectivity index (χ0n) is 17.9. The number of nitrogens with one attached hydrogen (secondary N) is 1. The molecule has 0 spiro atoms. The van der Waals surface area contributed by atoms with Crippen LogP contribution in [0.15, 0.2) is 67.0 Å². The lowest BCUT2D eigenvalue weighted by Gasteiger charge is -2.34. The largest absolute Gasteiger partial charge is 0.448 e. The molecule has 1 saturated heterocycles. The van der Waals surface area contributed by atoms with E-state index in [1.807, 2.05) is 12.3 Å². The maximum Gasteiger partial charge on any atom is 0.409 e. The lowest BCUT2D eigenvalue weighted by Crippen LogP contribution is -2.48. The van der Waals surface area contributed by atoms with Crippen LogP contribution in [0.1, 0.15) is 34.2 Å². The summed E-state index contributed by atoms with van der Waals surface area (Å²) in [5.41, 5.74) is 7.25. The number of amides is 1. The fourth-order valence-electron chi connectivity index (χ4n) is 4.65. The molecule has 1 aliphatic carbocycles. The van der Waals surface area contributed by atoms with Gasteiger partial charge in [0, 0.05) is 37.9 Å². The molecule has 2 aliphatic rings. The number of ether oxygens (including phenoxy) is 1. The van der Waals surface area contributed by atoms with Crippen molar-refractivity contribution in [3.8, 4) is 11.1 Å². The third kappa shape index (κ3) is 4.46. The summed E-state index contributed by atoms with van der Waals surface area (Å²) >= 11 is 0. The molecule has 5 rings (SSSR count). The zero-order valence-corrected chi connectivity index (χ0v) is 19.5. The summed E-state index contributed by atoms with van der Waals surface area (Å²) in [6.45, 7) is 4.40. The molecule has 7 heteroatoms. The summed E-state index contributed by atoms with van der Waals surface area (Å²) in [6, 6.07) is 18.9. The minimum Gasteiger partial charge on any atom is -0.448 e. The van der Waals surface area contributed by atoms with Crippen LogP contribution in [0, 0.1) is 6.92 Å². The molecule has 0 radical (unpaired) electrons. The number of hydrogen-bond donors (Lipinski definition) is 1. The minimum absolute atomic E-state index is 0. The van der Waals surface area contributed by atoms with Crippen molar-refractivity contribution < 1.29 is 9.53 Å². The van der Waals surface area contributed by atoms with Crippen LogP contribution in [0.5, 0.6) is 0 Å². The molecule has 0 bridgehead atoms. The molecule has 2 aromatic carbocycles. The van der Waals surface area contributed by atoms with E-state index >= 15 is 0 Å². The van der Waals surface area contributed by atoms with Gasteiger partial charge in [-0.3, -0.25) is 4.98 Å². The van der Waals surface area contributed by atoms with Crippen LogP contribution in [0.25, 0.3) is 11.1 Å². The summed E-state index contributed by atoms with van der Waals surface area (Å²) in [5.74, 6) is 0.0839. The van der Waals surface area contributed by atoms with Gasteiger partial charge in [0.25, 0.3) is 0 Å². The van der Waals surface area contributed by atoms with Crippen molar-refractivity contribution in [3.63, 3.8) is 0 Å². The molecule has 1 N–H and O–H groups in total. The number of pyridine rings is 1. The van der Waals surface area contributed by atoms with Crippen molar-refractivity contribution in [2.45, 2.75) is 18.9 Å². The fourth-order valence-corrected chi connectivity index (χ4v) is 4.65. The number of fused-ring (bicyclic) bond motifs is 3. The number of halogens is 2. The SMILES string of the molecule is Cc1ccncc1C1CN(C(=O)OCC2c3ccccc3-c3ccccc32)CCN1.Cl.Cl. The topological polar surface area (TPSA) is 54.5 Å². The molecule has 1 aromatic heterocycles. The van der Waals surface area contributed by atoms with Crippen molar-refractivity contribution in [2.24, 2.45) is 0 Å². The third-order valence-electron chi connectivity index (χ3n) is 6.22. The normalized spacial score (nSPS) is 16.9. The highest BCUT2D eigenvalue weighted by molar-refractivity contribution is 5.85. The first kappa shape index (κ1) is 24.1. The molecule has 2 heterocycles. The number of piperazine rings is 1. The lowest BCUT2D eigenvalue weighted by molar-refractivity contribution is 0.0882. The third-order valence-corrected chi connectivity index (χ3v) is 6.22. The van der Waals surface area contributed by atoms with E-state index in [1.54, 1.807) is 11.1 Å². The highest BCUT2D eigenvalue weighted by Crippen LogP contribution is 2.44. The van der Waals surface area contributed by atoms with E-state index in [-0.39, 0.29) is 42.9 Å². The maximum atomic E-state index is 12.9. The molecular weight excluding hydrogens is 445 g/mol. The zero-order chi connectivity index (χ0) is 20.5. The summed E-state index contributed by atoms with van der Waals surface area (Å²) < 4.78 is 5.84. The predicted octanol–water partition coefficient (Wildman–Crippen LogP) is 5.13. The Kier molecular flexibility index (Phi) is 7.77. The van der Waals surface area contributed by atoms with Crippen LogP contribution in [-0.4, -0.2) is 42.2 Å². The van der Waals surface area contributed by atoms with Crippen molar-refractivity contribution in [3.05, 3.63) is 89.2 Å². The number of carbonyl (C=O) groups is 1. The number of nitrogens with zero attached hydrogens (tertiary/aromatic N) is 2. The maximum absolute atomic E-state index is 12.9. The number of carbonyl (C=O) groups excluding carboxylic acids is 1. The Morgan fingerprint density at radius 2 is 1.69 bits per heavy atom. The monoisotopic (exact) mass is 471 g/mol. The van der Waals surface area contributed by atoms with E-state index in [0.717, 1.165) is 12.1 Å². The smallest absolute Gasteiger partial charge is 0.409 e. The second-order valence-electron chi connectivity index (χ2n) is 7.99. The Hall–Kier alpha value is -2.60. The van der Waals surface area contributed by atoms with Crippen LogP contribution in [0.4, 0.5) is 4.79 Å². The second-order valence-corrected chi connectivity index (χ2v) is 7.99. The van der Waals surface area contributed by atoms with Gasteiger partial charge < -0.3 is 15.0 Å². The highest BCUT2D eigenvalue weighted by Gasteiger charge is 2.31. The molecule has 3 aromatic rings. The van der Waals surface area contributed by atoms with Gasteiger partial charge in [-0.1, -0.05) is 48.5 Å². The van der Waals surface area contributed by atoms with E-state index in [0.29, 0.717) is 19.7 Å². The number of aryl methyl sites for hydroxylation is 1. The molecule has 1 aliphatic heterocycles. The molecule has 0 saturated carbocycles. The Morgan fingerprint density at radius 1 is 1.03 bits per heavy atom. The van der Waals surface area contributed by atoms with Gasteiger partial charge in [-0.2, -0.15) is 0 Å². The van der Waals surface area contributed by atoms with Crippen LogP contribution in [0.2, 0.25) is 0 Å². The molecule has 5 nitrogen and oxygen atoms in total.